The predicted molar refractivity (Wildman–Crippen MR) is 137 cm³/mol. The van der Waals surface area contributed by atoms with E-state index in [2.05, 4.69) is 29.5 Å². The van der Waals surface area contributed by atoms with Gasteiger partial charge in [0.2, 0.25) is 0 Å². The predicted octanol–water partition coefficient (Wildman–Crippen LogP) is 5.47. The maximum atomic E-state index is 12.9. The summed E-state index contributed by atoms with van der Waals surface area (Å²) in [6.45, 7) is 7.52. The number of aryl methyl sites for hydroxylation is 2. The van der Waals surface area contributed by atoms with Crippen LogP contribution >= 0.6 is 0 Å². The number of carbonyl (C=O) groups is 2. The highest BCUT2D eigenvalue weighted by Crippen LogP contribution is 2.20. The summed E-state index contributed by atoms with van der Waals surface area (Å²) in [6.07, 6.45) is 6.03. The highest BCUT2D eigenvalue weighted by atomic mass is 16.1. The fourth-order valence-electron chi connectivity index (χ4n) is 3.94. The maximum absolute atomic E-state index is 12.9. The summed E-state index contributed by atoms with van der Waals surface area (Å²) in [5.41, 5.74) is 7.37. The second-order valence-electron chi connectivity index (χ2n) is 8.63. The fraction of sp³-hybridized carbons (Fsp3) is 0.167. The highest BCUT2D eigenvalue weighted by molar-refractivity contribution is 5.97. The molecule has 0 amide bonds. The van der Waals surface area contributed by atoms with E-state index in [-0.39, 0.29) is 11.6 Å². The van der Waals surface area contributed by atoms with Gasteiger partial charge in [0, 0.05) is 48.5 Å². The third kappa shape index (κ3) is 6.21. The Balaban J connectivity index is 1.51. The van der Waals surface area contributed by atoms with Gasteiger partial charge in [-0.05, 0) is 60.4 Å². The first-order valence-corrected chi connectivity index (χ1v) is 11.5. The molecule has 0 spiro atoms. The molecule has 0 aliphatic rings. The molecular formula is C30H27N3O2. The molecule has 0 saturated carbocycles. The minimum absolute atomic E-state index is 0.0343. The standard InChI is InChI=1S/C30H27N3O2/c1-4-27(34)16-22-9-11-24(12-10-22)29(35)17-23-8-7-20(2)26(15-23)18-30-32-21(3)14-28(33-30)25-6-5-13-31-19-25/h4-15,19H,1,16-18H2,2-3H3. The van der Waals surface area contributed by atoms with Crippen LogP contribution in [0, 0.1) is 13.8 Å². The van der Waals surface area contributed by atoms with Crippen molar-refractivity contribution in [2.24, 2.45) is 0 Å². The number of hydrogen-bond acceptors (Lipinski definition) is 5. The molecule has 0 saturated heterocycles. The Labute approximate surface area is 205 Å². The molecule has 5 heteroatoms. The Morgan fingerprint density at radius 3 is 2.40 bits per heavy atom. The summed E-state index contributed by atoms with van der Waals surface area (Å²) >= 11 is 0. The van der Waals surface area contributed by atoms with Crippen molar-refractivity contribution in [3.63, 3.8) is 0 Å². The first kappa shape index (κ1) is 23.9. The van der Waals surface area contributed by atoms with Gasteiger partial charge < -0.3 is 0 Å². The summed E-state index contributed by atoms with van der Waals surface area (Å²) in [7, 11) is 0. The van der Waals surface area contributed by atoms with Crippen molar-refractivity contribution >= 4 is 11.6 Å². The van der Waals surface area contributed by atoms with Crippen LogP contribution in [0.25, 0.3) is 11.3 Å². The van der Waals surface area contributed by atoms with Gasteiger partial charge in [-0.1, -0.05) is 49.0 Å². The van der Waals surface area contributed by atoms with Crippen LogP contribution in [-0.2, 0) is 24.1 Å². The Bertz CT molecular complexity index is 1380. The zero-order valence-corrected chi connectivity index (χ0v) is 20.0. The van der Waals surface area contributed by atoms with E-state index in [1.165, 1.54) is 6.08 Å². The largest absolute Gasteiger partial charge is 0.295 e. The molecule has 0 fully saturated rings. The number of allylic oxidation sites excluding steroid dienone is 1. The number of carbonyl (C=O) groups excluding carboxylic acids is 2. The van der Waals surface area contributed by atoms with E-state index in [1.54, 1.807) is 24.5 Å². The molecule has 2 aromatic heterocycles. The van der Waals surface area contributed by atoms with Crippen LogP contribution < -0.4 is 0 Å². The molecule has 0 unspecified atom stereocenters. The summed E-state index contributed by atoms with van der Waals surface area (Å²) in [5, 5.41) is 0. The van der Waals surface area contributed by atoms with E-state index in [9.17, 15) is 9.59 Å². The molecule has 0 atom stereocenters. The average molecular weight is 462 g/mol. The second kappa shape index (κ2) is 10.8. The number of rotatable bonds is 9. The maximum Gasteiger partial charge on any atom is 0.167 e. The zero-order valence-electron chi connectivity index (χ0n) is 20.0. The number of benzene rings is 2. The molecule has 2 heterocycles. The molecule has 0 bridgehead atoms. The van der Waals surface area contributed by atoms with Crippen LogP contribution in [0.15, 0.2) is 85.7 Å². The van der Waals surface area contributed by atoms with Gasteiger partial charge >= 0.3 is 0 Å². The zero-order chi connectivity index (χ0) is 24.8. The SMILES string of the molecule is C=CC(=O)Cc1ccc(C(=O)Cc2ccc(C)c(Cc3nc(C)cc(-c4cccnc4)n3)c2)cc1. The van der Waals surface area contributed by atoms with Crippen LogP contribution in [0.1, 0.15) is 44.1 Å². The molecule has 35 heavy (non-hydrogen) atoms. The molecule has 0 aliphatic carbocycles. The van der Waals surface area contributed by atoms with Crippen molar-refractivity contribution in [3.8, 4) is 11.3 Å². The van der Waals surface area contributed by atoms with Gasteiger partial charge in [0.05, 0.1) is 5.69 Å². The lowest BCUT2D eigenvalue weighted by Crippen LogP contribution is -2.06. The Morgan fingerprint density at radius 1 is 0.914 bits per heavy atom. The number of hydrogen-bond donors (Lipinski definition) is 0. The first-order valence-electron chi connectivity index (χ1n) is 11.5. The summed E-state index contributed by atoms with van der Waals surface area (Å²) < 4.78 is 0. The van der Waals surface area contributed by atoms with Crippen molar-refractivity contribution in [1.29, 1.82) is 0 Å². The van der Waals surface area contributed by atoms with Gasteiger partial charge in [-0.25, -0.2) is 9.97 Å². The van der Waals surface area contributed by atoms with E-state index in [0.29, 0.717) is 24.8 Å². The van der Waals surface area contributed by atoms with E-state index >= 15 is 0 Å². The molecule has 0 aliphatic heterocycles. The topological polar surface area (TPSA) is 72.8 Å². The van der Waals surface area contributed by atoms with Crippen LogP contribution in [-0.4, -0.2) is 26.5 Å². The summed E-state index contributed by atoms with van der Waals surface area (Å²) in [6, 6.07) is 19.2. The molecular weight excluding hydrogens is 434 g/mol. The lowest BCUT2D eigenvalue weighted by atomic mass is 9.96. The first-order chi connectivity index (χ1) is 16.9. The minimum Gasteiger partial charge on any atom is -0.295 e. The van der Waals surface area contributed by atoms with Gasteiger partial charge in [-0.2, -0.15) is 0 Å². The average Bonchev–Trinajstić information content (AvgIpc) is 2.86. The van der Waals surface area contributed by atoms with Crippen molar-refractivity contribution < 1.29 is 9.59 Å². The van der Waals surface area contributed by atoms with Gasteiger partial charge in [0.1, 0.15) is 5.82 Å². The summed E-state index contributed by atoms with van der Waals surface area (Å²) in [5.74, 6) is 0.730. The van der Waals surface area contributed by atoms with Gasteiger partial charge in [0.25, 0.3) is 0 Å². The highest BCUT2D eigenvalue weighted by Gasteiger charge is 2.12. The molecule has 2 aromatic carbocycles. The number of aromatic nitrogens is 3. The fourth-order valence-corrected chi connectivity index (χ4v) is 3.94. The number of Topliss-reactive ketones (excluding diaryl/α,β-unsaturated/α-hetero) is 1. The van der Waals surface area contributed by atoms with Crippen molar-refractivity contribution in [3.05, 3.63) is 125 Å². The lowest BCUT2D eigenvalue weighted by molar-refractivity contribution is -0.114. The van der Waals surface area contributed by atoms with E-state index in [0.717, 1.165) is 45.0 Å². The number of nitrogens with zero attached hydrogens (tertiary/aromatic N) is 3. The van der Waals surface area contributed by atoms with E-state index < -0.39 is 0 Å². The smallest absolute Gasteiger partial charge is 0.167 e. The van der Waals surface area contributed by atoms with E-state index in [4.69, 9.17) is 4.98 Å². The second-order valence-corrected chi connectivity index (χ2v) is 8.63. The number of pyridine rings is 1. The van der Waals surface area contributed by atoms with Gasteiger partial charge in [0.15, 0.2) is 11.6 Å². The van der Waals surface area contributed by atoms with Crippen LogP contribution in [0.5, 0.6) is 0 Å². The Kier molecular flexibility index (Phi) is 7.36. The third-order valence-corrected chi connectivity index (χ3v) is 5.87. The van der Waals surface area contributed by atoms with Crippen LogP contribution in [0.4, 0.5) is 0 Å². The van der Waals surface area contributed by atoms with E-state index in [1.807, 2.05) is 49.4 Å². The third-order valence-electron chi connectivity index (χ3n) is 5.87. The van der Waals surface area contributed by atoms with Crippen molar-refractivity contribution in [2.45, 2.75) is 33.1 Å². The Morgan fingerprint density at radius 2 is 1.69 bits per heavy atom. The number of ketones is 2. The van der Waals surface area contributed by atoms with Crippen molar-refractivity contribution in [1.82, 2.24) is 15.0 Å². The molecule has 4 aromatic rings. The summed E-state index contributed by atoms with van der Waals surface area (Å²) in [4.78, 5) is 38.0. The quantitative estimate of drug-likeness (QED) is 0.244. The molecule has 0 N–H and O–H groups in total. The van der Waals surface area contributed by atoms with Crippen molar-refractivity contribution in [2.75, 3.05) is 0 Å². The normalized spacial score (nSPS) is 10.7. The van der Waals surface area contributed by atoms with Gasteiger partial charge in [-0.15, -0.1) is 0 Å². The lowest BCUT2D eigenvalue weighted by Gasteiger charge is -2.10. The molecule has 5 nitrogen and oxygen atoms in total. The molecule has 4 rings (SSSR count). The Hall–Kier alpha value is -4.25. The van der Waals surface area contributed by atoms with Crippen LogP contribution in [0.3, 0.4) is 0 Å². The van der Waals surface area contributed by atoms with Crippen LogP contribution in [0.2, 0.25) is 0 Å². The molecule has 174 valence electrons. The monoisotopic (exact) mass is 461 g/mol. The van der Waals surface area contributed by atoms with Gasteiger partial charge in [-0.3, -0.25) is 14.6 Å². The minimum atomic E-state index is -0.0404. The molecule has 0 radical (unpaired) electrons.